The number of allylic oxidation sites excluding steroid dienone is 1. The second-order valence-electron chi connectivity index (χ2n) is 7.71. The third kappa shape index (κ3) is 6.76. The lowest BCUT2D eigenvalue weighted by molar-refractivity contribution is -0.162. The van der Waals surface area contributed by atoms with Gasteiger partial charge in [-0.1, -0.05) is 6.08 Å². The van der Waals surface area contributed by atoms with Gasteiger partial charge in [-0.05, 0) is 20.8 Å². The van der Waals surface area contributed by atoms with Gasteiger partial charge in [-0.25, -0.2) is 28.1 Å². The summed E-state index contributed by atoms with van der Waals surface area (Å²) in [4.78, 5) is 61.2. The highest BCUT2D eigenvalue weighted by Gasteiger charge is 2.33. The van der Waals surface area contributed by atoms with E-state index in [2.05, 4.69) is 11.3 Å². The standard InChI is InChI=1S/C19H29N3O9/c1-6-7-20-16(27)21(9-12(2)23)18(29)22(17(20)28)10-13(24)11-31-15(26)19(3,4)8-14(25)30-5/h6,12-13,23-24H,1,7-11H2,2-5H3. The van der Waals surface area contributed by atoms with E-state index in [-0.39, 0.29) is 19.5 Å². The van der Waals surface area contributed by atoms with Crippen LogP contribution in [0.3, 0.4) is 0 Å². The zero-order valence-electron chi connectivity index (χ0n) is 18.1. The molecule has 0 fully saturated rings. The van der Waals surface area contributed by atoms with E-state index in [0.29, 0.717) is 9.13 Å². The summed E-state index contributed by atoms with van der Waals surface area (Å²) in [6, 6.07) is 0. The Morgan fingerprint density at radius 2 is 1.58 bits per heavy atom. The van der Waals surface area contributed by atoms with Crippen LogP contribution in [0.4, 0.5) is 0 Å². The quantitative estimate of drug-likeness (QED) is 0.298. The van der Waals surface area contributed by atoms with Gasteiger partial charge in [0.1, 0.15) is 12.7 Å². The second-order valence-corrected chi connectivity index (χ2v) is 7.71. The number of aliphatic hydroxyl groups is 2. The molecule has 174 valence electrons. The van der Waals surface area contributed by atoms with E-state index < -0.39 is 59.8 Å². The second kappa shape index (κ2) is 10.9. The van der Waals surface area contributed by atoms with E-state index >= 15 is 0 Å². The Kier molecular flexibility index (Phi) is 9.13. The van der Waals surface area contributed by atoms with Crippen LogP contribution in [-0.2, 0) is 38.7 Å². The van der Waals surface area contributed by atoms with Gasteiger partial charge in [0.15, 0.2) is 0 Å². The summed E-state index contributed by atoms with van der Waals surface area (Å²) in [5.41, 5.74) is -4.14. The van der Waals surface area contributed by atoms with E-state index in [1.54, 1.807) is 0 Å². The molecule has 12 heteroatoms. The van der Waals surface area contributed by atoms with Crippen LogP contribution in [0, 0.1) is 5.41 Å². The first kappa shape index (κ1) is 26.0. The van der Waals surface area contributed by atoms with Crippen LogP contribution in [0.1, 0.15) is 27.2 Å². The summed E-state index contributed by atoms with van der Waals surface area (Å²) in [7, 11) is 1.18. The summed E-state index contributed by atoms with van der Waals surface area (Å²) >= 11 is 0. The maximum atomic E-state index is 12.6. The largest absolute Gasteiger partial charge is 0.469 e. The predicted octanol–water partition coefficient (Wildman–Crippen LogP) is -1.77. The minimum absolute atomic E-state index is 0.190. The maximum absolute atomic E-state index is 12.6. The molecule has 1 heterocycles. The van der Waals surface area contributed by atoms with E-state index in [4.69, 9.17) is 4.74 Å². The van der Waals surface area contributed by atoms with Gasteiger partial charge in [0.05, 0.1) is 44.7 Å². The Balaban J connectivity index is 3.10. The first-order chi connectivity index (χ1) is 14.3. The summed E-state index contributed by atoms with van der Waals surface area (Å²) in [5, 5.41) is 19.8. The van der Waals surface area contributed by atoms with Gasteiger partial charge in [-0.15, -0.1) is 6.58 Å². The molecule has 0 radical (unpaired) electrons. The molecule has 0 amide bonds. The van der Waals surface area contributed by atoms with Crippen LogP contribution >= 0.6 is 0 Å². The Hall–Kier alpha value is -2.99. The molecule has 0 aliphatic heterocycles. The lowest BCUT2D eigenvalue weighted by Crippen LogP contribution is -2.56. The van der Waals surface area contributed by atoms with Gasteiger partial charge in [-0.3, -0.25) is 9.59 Å². The zero-order valence-corrected chi connectivity index (χ0v) is 18.1. The molecule has 2 unspecified atom stereocenters. The number of carbonyl (C=O) groups is 2. The normalized spacial score (nSPS) is 13.4. The van der Waals surface area contributed by atoms with Crippen molar-refractivity contribution < 1.29 is 29.3 Å². The number of nitrogens with zero attached hydrogens (tertiary/aromatic N) is 3. The number of aliphatic hydroxyl groups excluding tert-OH is 2. The zero-order chi connectivity index (χ0) is 23.9. The number of hydrogen-bond donors (Lipinski definition) is 2. The highest BCUT2D eigenvalue weighted by Crippen LogP contribution is 2.22. The molecule has 0 spiro atoms. The van der Waals surface area contributed by atoms with Crippen molar-refractivity contribution in [3.05, 3.63) is 44.1 Å². The summed E-state index contributed by atoms with van der Waals surface area (Å²) < 4.78 is 11.6. The van der Waals surface area contributed by atoms with E-state index in [1.165, 1.54) is 34.0 Å². The van der Waals surface area contributed by atoms with Crippen molar-refractivity contribution >= 4 is 11.9 Å². The van der Waals surface area contributed by atoms with E-state index in [0.717, 1.165) is 4.57 Å². The number of esters is 2. The minimum Gasteiger partial charge on any atom is -0.469 e. The number of rotatable bonds is 11. The van der Waals surface area contributed by atoms with Crippen LogP contribution in [0.2, 0.25) is 0 Å². The van der Waals surface area contributed by atoms with Crippen LogP contribution in [0.25, 0.3) is 0 Å². The lowest BCUT2D eigenvalue weighted by Gasteiger charge is -2.22. The summed E-state index contributed by atoms with van der Waals surface area (Å²) in [6.07, 6.45) is -1.46. The highest BCUT2D eigenvalue weighted by molar-refractivity contribution is 5.82. The Morgan fingerprint density at radius 1 is 1.06 bits per heavy atom. The molecule has 0 saturated heterocycles. The van der Waals surface area contributed by atoms with E-state index in [9.17, 15) is 34.2 Å². The Morgan fingerprint density at radius 3 is 2.06 bits per heavy atom. The number of hydrogen-bond acceptors (Lipinski definition) is 9. The molecule has 1 rings (SSSR count). The molecule has 12 nitrogen and oxygen atoms in total. The fourth-order valence-electron chi connectivity index (χ4n) is 2.68. The first-order valence-corrected chi connectivity index (χ1v) is 9.51. The lowest BCUT2D eigenvalue weighted by atomic mass is 9.89. The van der Waals surface area contributed by atoms with Gasteiger partial charge in [0.2, 0.25) is 0 Å². The number of aromatic nitrogens is 3. The van der Waals surface area contributed by atoms with Crippen molar-refractivity contribution in [3.63, 3.8) is 0 Å². The van der Waals surface area contributed by atoms with Crippen molar-refractivity contribution in [2.75, 3.05) is 13.7 Å². The molecular formula is C19H29N3O9. The average molecular weight is 443 g/mol. The Bertz CT molecular complexity index is 985. The molecule has 2 atom stereocenters. The van der Waals surface area contributed by atoms with Gasteiger partial charge < -0.3 is 19.7 Å². The van der Waals surface area contributed by atoms with Gasteiger partial charge in [0.25, 0.3) is 0 Å². The molecule has 0 aliphatic carbocycles. The first-order valence-electron chi connectivity index (χ1n) is 9.51. The van der Waals surface area contributed by atoms with Crippen molar-refractivity contribution in [2.45, 2.75) is 59.0 Å². The molecule has 1 aromatic rings. The third-order valence-electron chi connectivity index (χ3n) is 4.31. The number of methoxy groups -OCH3 is 1. The fourth-order valence-corrected chi connectivity index (χ4v) is 2.68. The van der Waals surface area contributed by atoms with Crippen LogP contribution in [-0.4, -0.2) is 61.8 Å². The number of ether oxygens (including phenoxy) is 2. The third-order valence-corrected chi connectivity index (χ3v) is 4.31. The molecule has 0 aliphatic rings. The van der Waals surface area contributed by atoms with Crippen molar-refractivity contribution in [3.8, 4) is 0 Å². The van der Waals surface area contributed by atoms with Crippen LogP contribution in [0.5, 0.6) is 0 Å². The van der Waals surface area contributed by atoms with Gasteiger partial charge >= 0.3 is 29.0 Å². The highest BCUT2D eigenvalue weighted by atomic mass is 16.5. The smallest absolute Gasteiger partial charge is 0.336 e. The predicted molar refractivity (Wildman–Crippen MR) is 108 cm³/mol. The minimum atomic E-state index is -1.46. The molecule has 2 N–H and O–H groups in total. The fraction of sp³-hybridized carbons (Fsp3) is 0.632. The number of carbonyl (C=O) groups excluding carboxylic acids is 2. The topological polar surface area (TPSA) is 159 Å². The molecule has 0 saturated carbocycles. The molecule has 0 aromatic carbocycles. The molecule has 31 heavy (non-hydrogen) atoms. The van der Waals surface area contributed by atoms with Crippen molar-refractivity contribution in [1.29, 1.82) is 0 Å². The summed E-state index contributed by atoms with van der Waals surface area (Å²) in [6.45, 7) is 6.06. The van der Waals surface area contributed by atoms with Crippen LogP contribution < -0.4 is 17.1 Å². The van der Waals surface area contributed by atoms with Crippen LogP contribution in [0.15, 0.2) is 27.0 Å². The van der Waals surface area contributed by atoms with Crippen molar-refractivity contribution in [2.24, 2.45) is 5.41 Å². The van der Waals surface area contributed by atoms with E-state index in [1.807, 2.05) is 0 Å². The molecule has 1 aromatic heterocycles. The maximum Gasteiger partial charge on any atom is 0.336 e. The molecular weight excluding hydrogens is 414 g/mol. The summed E-state index contributed by atoms with van der Waals surface area (Å²) in [5.74, 6) is -1.40. The van der Waals surface area contributed by atoms with Gasteiger partial charge in [0, 0.05) is 0 Å². The SMILES string of the molecule is C=CCn1c(=O)n(CC(C)O)c(=O)n(CC(O)COC(=O)C(C)(C)CC(=O)OC)c1=O. The monoisotopic (exact) mass is 443 g/mol. The van der Waals surface area contributed by atoms with Crippen molar-refractivity contribution in [1.82, 2.24) is 13.7 Å². The van der Waals surface area contributed by atoms with Gasteiger partial charge in [-0.2, -0.15) is 0 Å². The average Bonchev–Trinajstić information content (AvgIpc) is 2.69. The Labute approximate surface area is 177 Å². The molecule has 0 bridgehead atoms.